The summed E-state index contributed by atoms with van der Waals surface area (Å²) in [4.78, 5) is 25.8. The fraction of sp³-hybridized carbons (Fsp3) is 0.500. The summed E-state index contributed by atoms with van der Waals surface area (Å²) in [6.45, 7) is 4.66. The van der Waals surface area contributed by atoms with Gasteiger partial charge in [-0.2, -0.15) is 0 Å². The van der Waals surface area contributed by atoms with Gasteiger partial charge >= 0.3 is 11.8 Å². The van der Waals surface area contributed by atoms with Gasteiger partial charge in [0, 0.05) is 6.54 Å². The molecule has 2 amide bonds. The van der Waals surface area contributed by atoms with Crippen LogP contribution in [0.1, 0.15) is 50.7 Å². The molecule has 0 aromatic heterocycles. The largest absolute Gasteiger partial charge is 0.496 e. The summed E-state index contributed by atoms with van der Waals surface area (Å²) in [6.07, 6.45) is 4.86. The molecule has 1 aliphatic rings. The molecular weight excluding hydrogens is 332 g/mol. The van der Waals surface area contributed by atoms with E-state index in [-0.39, 0.29) is 0 Å². The van der Waals surface area contributed by atoms with Crippen LogP contribution in [0.25, 0.3) is 5.76 Å². The van der Waals surface area contributed by atoms with E-state index in [1.54, 1.807) is 7.11 Å². The number of amides is 2. The van der Waals surface area contributed by atoms with Crippen molar-refractivity contribution >= 4 is 17.6 Å². The van der Waals surface area contributed by atoms with Gasteiger partial charge in [0.05, 0.1) is 19.8 Å². The summed E-state index contributed by atoms with van der Waals surface area (Å²) in [7, 11) is 3.14. The van der Waals surface area contributed by atoms with Crippen LogP contribution in [0.4, 0.5) is 0 Å². The molecule has 1 aromatic carbocycles. The first-order valence-electron chi connectivity index (χ1n) is 9.16. The second-order valence-electron chi connectivity index (χ2n) is 6.20. The Morgan fingerprint density at radius 3 is 2.50 bits per heavy atom. The highest BCUT2D eigenvalue weighted by atomic mass is 16.5. The maximum Gasteiger partial charge on any atom is 0.317 e. The standard InChI is InChI=1S/C20H28N2O4/c1-5-7-8-9-13-22-18(21-19(23)20(22)24)17(26-4)15-12-10-11-14(6-2)16(15)25-3/h10-12H,5-9,13H2,1-4H3,(H,21,23). The van der Waals surface area contributed by atoms with Gasteiger partial charge in [0.2, 0.25) is 0 Å². The van der Waals surface area contributed by atoms with E-state index in [9.17, 15) is 9.59 Å². The number of ether oxygens (including phenoxy) is 2. The monoisotopic (exact) mass is 360 g/mol. The zero-order valence-corrected chi connectivity index (χ0v) is 16.1. The van der Waals surface area contributed by atoms with E-state index in [1.807, 2.05) is 25.1 Å². The zero-order valence-electron chi connectivity index (χ0n) is 16.1. The Bertz CT molecular complexity index is 697. The van der Waals surface area contributed by atoms with Crippen LogP contribution < -0.4 is 10.1 Å². The molecule has 1 heterocycles. The van der Waals surface area contributed by atoms with E-state index in [2.05, 4.69) is 12.2 Å². The Kier molecular flexibility index (Phi) is 7.06. The van der Waals surface area contributed by atoms with Gasteiger partial charge in [-0.1, -0.05) is 45.2 Å². The van der Waals surface area contributed by atoms with Crippen molar-refractivity contribution in [2.75, 3.05) is 20.8 Å². The van der Waals surface area contributed by atoms with E-state index in [0.717, 1.165) is 43.2 Å². The first-order valence-corrected chi connectivity index (χ1v) is 9.16. The highest BCUT2D eigenvalue weighted by Gasteiger charge is 2.37. The number of aryl methyl sites for hydroxylation is 1. The SMILES string of the molecule is CCCCCCN1C(=O)C(=O)NC1=C(OC)c1cccc(CC)c1OC. The molecule has 0 unspecified atom stereocenters. The molecule has 0 bridgehead atoms. The number of nitrogens with one attached hydrogen (secondary N) is 1. The predicted molar refractivity (Wildman–Crippen MR) is 100 cm³/mol. The minimum atomic E-state index is -0.629. The number of nitrogens with zero attached hydrogens (tertiary/aromatic N) is 1. The van der Waals surface area contributed by atoms with Gasteiger partial charge < -0.3 is 14.8 Å². The number of methoxy groups -OCH3 is 2. The maximum absolute atomic E-state index is 12.3. The van der Waals surface area contributed by atoms with Crippen molar-refractivity contribution in [1.29, 1.82) is 0 Å². The van der Waals surface area contributed by atoms with Gasteiger partial charge in [-0.3, -0.25) is 14.5 Å². The van der Waals surface area contributed by atoms with Crippen LogP contribution in [0, 0.1) is 0 Å². The summed E-state index contributed by atoms with van der Waals surface area (Å²) >= 11 is 0. The van der Waals surface area contributed by atoms with Crippen molar-refractivity contribution in [3.05, 3.63) is 35.1 Å². The molecular formula is C20H28N2O4. The number of rotatable bonds is 9. The lowest BCUT2D eigenvalue weighted by Crippen LogP contribution is -2.28. The number of unbranched alkanes of at least 4 members (excludes halogenated alkanes) is 3. The first-order chi connectivity index (χ1) is 12.6. The van der Waals surface area contributed by atoms with Gasteiger partial charge in [-0.25, -0.2) is 0 Å². The predicted octanol–water partition coefficient (Wildman–Crippen LogP) is 3.07. The van der Waals surface area contributed by atoms with E-state index in [1.165, 1.54) is 12.0 Å². The molecule has 6 heteroatoms. The molecule has 0 spiro atoms. The fourth-order valence-electron chi connectivity index (χ4n) is 3.16. The third-order valence-electron chi connectivity index (χ3n) is 4.52. The first kappa shape index (κ1) is 19.8. The van der Waals surface area contributed by atoms with Crippen LogP contribution in [-0.2, 0) is 20.7 Å². The highest BCUT2D eigenvalue weighted by molar-refractivity contribution is 6.38. The van der Waals surface area contributed by atoms with Crippen molar-refractivity contribution in [1.82, 2.24) is 10.2 Å². The molecule has 0 aliphatic carbocycles. The van der Waals surface area contributed by atoms with Crippen molar-refractivity contribution in [3.63, 3.8) is 0 Å². The Balaban J connectivity index is 2.45. The second-order valence-corrected chi connectivity index (χ2v) is 6.20. The molecule has 2 rings (SSSR count). The molecule has 26 heavy (non-hydrogen) atoms. The lowest BCUT2D eigenvalue weighted by atomic mass is 10.0. The summed E-state index contributed by atoms with van der Waals surface area (Å²) in [6, 6.07) is 5.77. The minimum Gasteiger partial charge on any atom is -0.496 e. The summed E-state index contributed by atoms with van der Waals surface area (Å²) in [5.74, 6) is 0.351. The normalized spacial score (nSPS) is 15.9. The van der Waals surface area contributed by atoms with Crippen molar-refractivity contribution in [3.8, 4) is 5.75 Å². The number of hydrogen-bond donors (Lipinski definition) is 1. The molecule has 0 saturated carbocycles. The smallest absolute Gasteiger partial charge is 0.317 e. The Labute approximate surface area is 155 Å². The molecule has 142 valence electrons. The fourth-order valence-corrected chi connectivity index (χ4v) is 3.16. The van der Waals surface area contributed by atoms with Gasteiger partial charge in [0.15, 0.2) is 11.6 Å². The van der Waals surface area contributed by atoms with Crippen molar-refractivity contribution < 1.29 is 19.1 Å². The van der Waals surface area contributed by atoms with E-state index in [0.29, 0.717) is 23.9 Å². The summed E-state index contributed by atoms with van der Waals surface area (Å²) < 4.78 is 11.2. The zero-order chi connectivity index (χ0) is 19.1. The number of para-hydroxylation sites is 1. The van der Waals surface area contributed by atoms with Crippen molar-refractivity contribution in [2.45, 2.75) is 46.0 Å². The highest BCUT2D eigenvalue weighted by Crippen LogP contribution is 2.33. The third-order valence-corrected chi connectivity index (χ3v) is 4.52. The van der Waals surface area contributed by atoms with E-state index in [4.69, 9.17) is 9.47 Å². The van der Waals surface area contributed by atoms with E-state index < -0.39 is 11.8 Å². The lowest BCUT2D eigenvalue weighted by Gasteiger charge is -2.21. The van der Waals surface area contributed by atoms with Gasteiger partial charge in [-0.05, 0) is 24.5 Å². The Hall–Kier alpha value is -2.50. The summed E-state index contributed by atoms with van der Waals surface area (Å²) in [5.41, 5.74) is 1.75. The summed E-state index contributed by atoms with van der Waals surface area (Å²) in [5, 5.41) is 2.67. The van der Waals surface area contributed by atoms with Crippen molar-refractivity contribution in [2.24, 2.45) is 0 Å². The van der Waals surface area contributed by atoms with Crippen LogP contribution >= 0.6 is 0 Å². The molecule has 1 aromatic rings. The van der Waals surface area contributed by atoms with E-state index >= 15 is 0 Å². The Morgan fingerprint density at radius 2 is 1.88 bits per heavy atom. The van der Waals surface area contributed by atoms with Crippen LogP contribution in [0.2, 0.25) is 0 Å². The molecule has 6 nitrogen and oxygen atoms in total. The number of carbonyl (C=O) groups excluding carboxylic acids is 2. The molecule has 1 saturated heterocycles. The lowest BCUT2D eigenvalue weighted by molar-refractivity contribution is -0.140. The quantitative estimate of drug-likeness (QED) is 0.417. The average molecular weight is 360 g/mol. The van der Waals surface area contributed by atoms with Crippen LogP contribution in [0.5, 0.6) is 5.75 Å². The number of hydrogen-bond acceptors (Lipinski definition) is 4. The van der Waals surface area contributed by atoms with Gasteiger partial charge in [0.1, 0.15) is 5.75 Å². The van der Waals surface area contributed by atoms with Crippen LogP contribution in [-0.4, -0.2) is 37.5 Å². The second kappa shape index (κ2) is 9.27. The maximum atomic E-state index is 12.3. The molecule has 1 N–H and O–H groups in total. The molecule has 1 fully saturated rings. The van der Waals surface area contributed by atoms with Crippen LogP contribution in [0.3, 0.4) is 0 Å². The topological polar surface area (TPSA) is 67.9 Å². The number of benzene rings is 1. The number of carbonyl (C=O) groups is 2. The Morgan fingerprint density at radius 1 is 1.12 bits per heavy atom. The molecule has 0 radical (unpaired) electrons. The molecule has 0 atom stereocenters. The van der Waals surface area contributed by atoms with Gasteiger partial charge in [0.25, 0.3) is 0 Å². The minimum absolute atomic E-state index is 0.394. The van der Waals surface area contributed by atoms with Crippen LogP contribution in [0.15, 0.2) is 24.0 Å². The average Bonchev–Trinajstić information content (AvgIpc) is 2.93. The van der Waals surface area contributed by atoms with Gasteiger partial charge in [-0.15, -0.1) is 0 Å². The molecule has 1 aliphatic heterocycles. The third kappa shape index (κ3) is 4.00.